The number of nitrogens with two attached hydrogens (primary N) is 1. The Morgan fingerprint density at radius 2 is 2.43 bits per heavy atom. The second-order valence-corrected chi connectivity index (χ2v) is 1.77. The van der Waals surface area contributed by atoms with E-state index in [1.807, 2.05) is 6.08 Å². The third-order valence-electron chi connectivity index (χ3n) is 0.675. The maximum atomic E-state index is 5.07. The van der Waals surface area contributed by atoms with Crippen molar-refractivity contribution in [2.45, 2.75) is 13.3 Å². The molecule has 1 nitrogen and oxygen atoms in total. The van der Waals surface area contributed by atoms with Gasteiger partial charge in [0.15, 0.2) is 0 Å². The predicted molar refractivity (Wildman–Crippen MR) is 32.5 cm³/mol. The summed E-state index contributed by atoms with van der Waals surface area (Å²) in [5.41, 5.74) is 5.07. The lowest BCUT2D eigenvalue weighted by Crippen LogP contribution is -1.84. The zero-order chi connectivity index (χ0) is 5.70. The quantitative estimate of drug-likeness (QED) is 0.553. The van der Waals surface area contributed by atoms with Gasteiger partial charge in [-0.15, -0.1) is 0 Å². The van der Waals surface area contributed by atoms with Crippen LogP contribution in [0.15, 0.2) is 12.3 Å². The zero-order valence-corrected chi connectivity index (χ0v) is 4.72. The molecule has 0 bridgehead atoms. The topological polar surface area (TPSA) is 26.0 Å². The molecule has 0 spiro atoms. The van der Waals surface area contributed by atoms with E-state index >= 15 is 0 Å². The second kappa shape index (κ2) is 3.72. The summed E-state index contributed by atoms with van der Waals surface area (Å²) in [5, 5.41) is 0. The number of allylic oxidation sites excluding steroid dienone is 1. The van der Waals surface area contributed by atoms with Gasteiger partial charge in [0.1, 0.15) is 0 Å². The highest BCUT2D eigenvalue weighted by Gasteiger charge is 1.84. The van der Waals surface area contributed by atoms with Crippen molar-refractivity contribution in [1.29, 1.82) is 0 Å². The molecule has 1 heteroatoms. The molecule has 0 aliphatic carbocycles. The maximum absolute atomic E-state index is 5.07. The largest absolute Gasteiger partial charge is 0.405 e. The fourth-order valence-electron chi connectivity index (χ4n) is 0.311. The minimum atomic E-state index is 0.486. The van der Waals surface area contributed by atoms with Crippen LogP contribution in [0.3, 0.4) is 0 Å². The van der Waals surface area contributed by atoms with Crippen LogP contribution in [-0.4, -0.2) is 0 Å². The highest BCUT2D eigenvalue weighted by molar-refractivity contribution is 4.78. The maximum Gasteiger partial charge on any atom is -0.0103 e. The van der Waals surface area contributed by atoms with Gasteiger partial charge in [-0.25, -0.2) is 0 Å². The van der Waals surface area contributed by atoms with Crippen molar-refractivity contribution in [2.75, 3.05) is 0 Å². The fourth-order valence-corrected chi connectivity index (χ4v) is 0.311. The first-order chi connectivity index (χ1) is 3.27. The van der Waals surface area contributed by atoms with Crippen LogP contribution in [-0.2, 0) is 0 Å². The second-order valence-electron chi connectivity index (χ2n) is 1.77. The van der Waals surface area contributed by atoms with Crippen molar-refractivity contribution < 1.29 is 0 Å². The van der Waals surface area contributed by atoms with E-state index in [9.17, 15) is 0 Å². The summed E-state index contributed by atoms with van der Waals surface area (Å²) < 4.78 is 0. The Morgan fingerprint density at radius 3 is 2.57 bits per heavy atom. The van der Waals surface area contributed by atoms with Crippen LogP contribution in [0, 0.1) is 12.8 Å². The van der Waals surface area contributed by atoms with Crippen LogP contribution in [0.2, 0.25) is 0 Å². The van der Waals surface area contributed by atoms with Crippen molar-refractivity contribution in [3.8, 4) is 0 Å². The number of rotatable bonds is 2. The van der Waals surface area contributed by atoms with Gasteiger partial charge in [-0.05, 0) is 18.5 Å². The Balaban J connectivity index is 2.97. The van der Waals surface area contributed by atoms with E-state index in [2.05, 4.69) is 13.8 Å². The molecule has 41 valence electrons. The molecule has 0 heterocycles. The van der Waals surface area contributed by atoms with E-state index in [1.165, 1.54) is 0 Å². The summed E-state index contributed by atoms with van der Waals surface area (Å²) in [6.45, 7) is 5.82. The monoisotopic (exact) mass is 98.1 g/mol. The van der Waals surface area contributed by atoms with E-state index in [1.54, 1.807) is 6.20 Å². The lowest BCUT2D eigenvalue weighted by Gasteiger charge is -1.93. The number of hydrogen-bond acceptors (Lipinski definition) is 1. The van der Waals surface area contributed by atoms with E-state index in [-0.39, 0.29) is 0 Å². The van der Waals surface area contributed by atoms with Crippen molar-refractivity contribution in [1.82, 2.24) is 0 Å². The molecular formula is C6H12N. The van der Waals surface area contributed by atoms with Gasteiger partial charge in [-0.1, -0.05) is 19.9 Å². The van der Waals surface area contributed by atoms with Crippen LogP contribution >= 0.6 is 0 Å². The third-order valence-corrected chi connectivity index (χ3v) is 0.675. The lowest BCUT2D eigenvalue weighted by molar-refractivity contribution is 0.739. The van der Waals surface area contributed by atoms with Crippen molar-refractivity contribution in [3.63, 3.8) is 0 Å². The van der Waals surface area contributed by atoms with Gasteiger partial charge < -0.3 is 5.73 Å². The number of hydrogen-bond donors (Lipinski definition) is 1. The molecule has 0 rings (SSSR count). The predicted octanol–water partition coefficient (Wildman–Crippen LogP) is 1.32. The smallest absolute Gasteiger partial charge is 0.0103 e. The van der Waals surface area contributed by atoms with Crippen LogP contribution in [0.4, 0.5) is 0 Å². The van der Waals surface area contributed by atoms with Gasteiger partial charge >= 0.3 is 0 Å². The van der Waals surface area contributed by atoms with Crippen LogP contribution < -0.4 is 5.73 Å². The normalized spacial score (nSPS) is 11.3. The Morgan fingerprint density at radius 1 is 1.86 bits per heavy atom. The molecule has 0 saturated heterocycles. The molecule has 0 amide bonds. The van der Waals surface area contributed by atoms with Crippen molar-refractivity contribution >= 4 is 0 Å². The van der Waals surface area contributed by atoms with Gasteiger partial charge in [0.05, 0.1) is 0 Å². The average molecular weight is 98.2 g/mol. The average Bonchev–Trinajstić information content (AvgIpc) is 1.61. The summed E-state index contributed by atoms with van der Waals surface area (Å²) in [5.74, 6) is 0.486. The fraction of sp³-hybridized carbons (Fsp3) is 0.500. The van der Waals surface area contributed by atoms with Crippen molar-refractivity contribution in [2.24, 2.45) is 11.7 Å². The lowest BCUT2D eigenvalue weighted by atomic mass is 10.1. The van der Waals surface area contributed by atoms with Crippen LogP contribution in [0.5, 0.6) is 0 Å². The van der Waals surface area contributed by atoms with Gasteiger partial charge in [0.25, 0.3) is 0 Å². The Kier molecular flexibility index (Phi) is 3.48. The molecule has 0 aliphatic heterocycles. The summed E-state index contributed by atoms with van der Waals surface area (Å²) in [4.78, 5) is 0. The molecule has 2 N–H and O–H groups in total. The molecular weight excluding hydrogens is 86.1 g/mol. The summed E-state index contributed by atoms with van der Waals surface area (Å²) in [6, 6.07) is 0. The molecule has 0 aromatic heterocycles. The van der Waals surface area contributed by atoms with E-state index in [0.29, 0.717) is 5.92 Å². The Bertz CT molecular complexity index is 55.2. The van der Waals surface area contributed by atoms with Crippen LogP contribution in [0.1, 0.15) is 13.3 Å². The van der Waals surface area contributed by atoms with Gasteiger partial charge in [0, 0.05) is 0 Å². The SMILES string of the molecule is [CH2]C(C)CC=CN. The summed E-state index contributed by atoms with van der Waals surface area (Å²) in [7, 11) is 0. The molecule has 0 fully saturated rings. The molecule has 1 radical (unpaired) electrons. The summed E-state index contributed by atoms with van der Waals surface area (Å²) >= 11 is 0. The minimum Gasteiger partial charge on any atom is -0.405 e. The first kappa shape index (κ1) is 6.54. The van der Waals surface area contributed by atoms with E-state index < -0.39 is 0 Å². The Labute approximate surface area is 45.2 Å². The van der Waals surface area contributed by atoms with Crippen molar-refractivity contribution in [3.05, 3.63) is 19.2 Å². The molecule has 1 atom stereocenters. The molecule has 1 unspecified atom stereocenters. The van der Waals surface area contributed by atoms with Gasteiger partial charge in [-0.3, -0.25) is 0 Å². The highest BCUT2D eigenvalue weighted by atomic mass is 14.5. The minimum absolute atomic E-state index is 0.486. The standard InChI is InChI=1S/C6H12N/c1-6(2)4-3-5-7/h3,5-6H,1,4,7H2,2H3. The molecule has 0 saturated carbocycles. The highest BCUT2D eigenvalue weighted by Crippen LogP contribution is 1.96. The molecule has 0 aliphatic rings. The molecule has 0 aromatic carbocycles. The molecule has 0 aromatic rings. The Hall–Kier alpha value is -0.460. The first-order valence-corrected chi connectivity index (χ1v) is 2.47. The third kappa shape index (κ3) is 5.54. The summed E-state index contributed by atoms with van der Waals surface area (Å²) in [6.07, 6.45) is 4.45. The zero-order valence-electron chi connectivity index (χ0n) is 4.72. The molecule has 7 heavy (non-hydrogen) atoms. The van der Waals surface area contributed by atoms with E-state index in [0.717, 1.165) is 6.42 Å². The van der Waals surface area contributed by atoms with E-state index in [4.69, 9.17) is 5.73 Å². The first-order valence-electron chi connectivity index (χ1n) is 2.47. The van der Waals surface area contributed by atoms with Gasteiger partial charge in [-0.2, -0.15) is 0 Å². The van der Waals surface area contributed by atoms with Crippen LogP contribution in [0.25, 0.3) is 0 Å². The van der Waals surface area contributed by atoms with Gasteiger partial charge in [0.2, 0.25) is 0 Å².